The van der Waals surface area contributed by atoms with E-state index in [0.717, 1.165) is 11.3 Å². The molecule has 0 aliphatic rings. The lowest BCUT2D eigenvalue weighted by Crippen LogP contribution is -2.33. The number of carbonyl (C=O) groups is 1. The molecule has 0 atom stereocenters. The van der Waals surface area contributed by atoms with Crippen molar-refractivity contribution in [3.8, 4) is 5.75 Å². The third-order valence-electron chi connectivity index (χ3n) is 4.48. The molecule has 0 aliphatic heterocycles. The highest BCUT2D eigenvalue weighted by Gasteiger charge is 2.14. The molecule has 3 rings (SSSR count). The molecular formula is C20H21N3O4. The fourth-order valence-electron chi connectivity index (χ4n) is 3.04. The van der Waals surface area contributed by atoms with Crippen molar-refractivity contribution in [1.29, 1.82) is 0 Å². The van der Waals surface area contributed by atoms with Crippen LogP contribution in [0.3, 0.4) is 0 Å². The molecule has 0 aliphatic carbocycles. The van der Waals surface area contributed by atoms with Gasteiger partial charge in [0, 0.05) is 32.1 Å². The summed E-state index contributed by atoms with van der Waals surface area (Å²) in [7, 11) is 3.30. The third kappa shape index (κ3) is 3.92. The van der Waals surface area contributed by atoms with E-state index in [-0.39, 0.29) is 18.9 Å². The molecule has 7 heteroatoms. The molecule has 3 aromatic rings. The summed E-state index contributed by atoms with van der Waals surface area (Å²) in [6, 6.07) is 14.4. The number of aryl methyl sites for hydroxylation is 1. The molecule has 1 amide bonds. The maximum Gasteiger partial charge on any atom is 0.328 e. The summed E-state index contributed by atoms with van der Waals surface area (Å²) in [5.41, 5.74) is 0.485. The van der Waals surface area contributed by atoms with E-state index in [1.165, 1.54) is 4.57 Å². The lowest BCUT2D eigenvalue weighted by molar-refractivity contribution is -0.130. The fourth-order valence-corrected chi connectivity index (χ4v) is 3.04. The van der Waals surface area contributed by atoms with Crippen LogP contribution >= 0.6 is 0 Å². The van der Waals surface area contributed by atoms with Crippen LogP contribution in [0.4, 0.5) is 0 Å². The average molecular weight is 367 g/mol. The molecule has 0 saturated carbocycles. The number of aromatic nitrogens is 2. The number of hydrogen-bond acceptors (Lipinski definition) is 4. The summed E-state index contributed by atoms with van der Waals surface area (Å²) in [6.45, 7) is 0.593. The van der Waals surface area contributed by atoms with Crippen molar-refractivity contribution in [1.82, 2.24) is 14.5 Å². The Kier molecular flexibility index (Phi) is 5.40. The predicted octanol–water partition coefficient (Wildman–Crippen LogP) is 1.75. The molecule has 2 aromatic carbocycles. The first kappa shape index (κ1) is 18.4. The lowest BCUT2D eigenvalue weighted by Gasteiger charge is -2.19. The summed E-state index contributed by atoms with van der Waals surface area (Å²) in [6.07, 6.45) is 0.140. The minimum atomic E-state index is -0.515. The zero-order valence-electron chi connectivity index (χ0n) is 15.3. The summed E-state index contributed by atoms with van der Waals surface area (Å²) >= 11 is 0. The Balaban J connectivity index is 1.75. The van der Waals surface area contributed by atoms with Crippen LogP contribution < -0.4 is 16.0 Å². The van der Waals surface area contributed by atoms with Crippen LogP contribution in [0.25, 0.3) is 10.9 Å². The molecule has 0 radical (unpaired) electrons. The number of aromatic amines is 1. The number of fused-ring (bicyclic) bond motifs is 1. The van der Waals surface area contributed by atoms with Crippen molar-refractivity contribution in [3.05, 3.63) is 74.9 Å². The molecule has 140 valence electrons. The quantitative estimate of drug-likeness (QED) is 0.719. The van der Waals surface area contributed by atoms with E-state index < -0.39 is 11.2 Å². The van der Waals surface area contributed by atoms with Gasteiger partial charge < -0.3 is 9.64 Å². The van der Waals surface area contributed by atoms with Gasteiger partial charge in [0.05, 0.1) is 18.0 Å². The van der Waals surface area contributed by atoms with Crippen molar-refractivity contribution in [2.75, 3.05) is 14.2 Å². The number of benzene rings is 2. The standard InChI is InChI=1S/C20H21N3O4/c1-22(13-14-7-3-6-10-17(14)27-2)18(24)11-12-23-16-9-5-4-8-15(16)19(25)21-20(23)26/h3-10H,11-13H2,1-2H3,(H,21,25,26). The van der Waals surface area contributed by atoms with E-state index in [2.05, 4.69) is 4.98 Å². The Labute approximate surface area is 155 Å². The summed E-state index contributed by atoms with van der Waals surface area (Å²) in [4.78, 5) is 40.5. The van der Waals surface area contributed by atoms with E-state index in [1.807, 2.05) is 24.3 Å². The molecule has 0 unspecified atom stereocenters. The van der Waals surface area contributed by atoms with Crippen LogP contribution in [-0.4, -0.2) is 34.5 Å². The van der Waals surface area contributed by atoms with Crippen LogP contribution in [0.2, 0.25) is 0 Å². The topological polar surface area (TPSA) is 84.4 Å². The van der Waals surface area contributed by atoms with Gasteiger partial charge in [-0.3, -0.25) is 19.1 Å². The van der Waals surface area contributed by atoms with E-state index in [4.69, 9.17) is 4.74 Å². The van der Waals surface area contributed by atoms with E-state index >= 15 is 0 Å². The lowest BCUT2D eigenvalue weighted by atomic mass is 10.2. The average Bonchev–Trinajstić information content (AvgIpc) is 2.68. The molecule has 1 aromatic heterocycles. The second-order valence-corrected chi connectivity index (χ2v) is 6.24. The number of hydrogen-bond donors (Lipinski definition) is 1. The van der Waals surface area contributed by atoms with Gasteiger partial charge in [-0.15, -0.1) is 0 Å². The van der Waals surface area contributed by atoms with E-state index in [1.54, 1.807) is 43.3 Å². The summed E-state index contributed by atoms with van der Waals surface area (Å²) in [5, 5.41) is 0.423. The van der Waals surface area contributed by atoms with E-state index in [9.17, 15) is 14.4 Å². The van der Waals surface area contributed by atoms with E-state index in [0.29, 0.717) is 17.4 Å². The number of nitrogens with one attached hydrogen (secondary N) is 1. The van der Waals surface area contributed by atoms with Gasteiger partial charge in [-0.05, 0) is 18.2 Å². The minimum absolute atomic E-state index is 0.108. The Hall–Kier alpha value is -3.35. The molecule has 1 N–H and O–H groups in total. The van der Waals surface area contributed by atoms with Crippen molar-refractivity contribution in [3.63, 3.8) is 0 Å². The number of nitrogens with zero attached hydrogens (tertiary/aromatic N) is 2. The second kappa shape index (κ2) is 7.90. The molecule has 0 fully saturated rings. The number of rotatable bonds is 6. The Morgan fingerprint density at radius 1 is 1.11 bits per heavy atom. The molecule has 0 saturated heterocycles. The highest BCUT2D eigenvalue weighted by atomic mass is 16.5. The molecule has 27 heavy (non-hydrogen) atoms. The number of methoxy groups -OCH3 is 1. The van der Waals surface area contributed by atoms with Gasteiger partial charge in [0.1, 0.15) is 5.75 Å². The number of ether oxygens (including phenoxy) is 1. The summed E-state index contributed by atoms with van der Waals surface area (Å²) in [5.74, 6) is 0.614. The van der Waals surface area contributed by atoms with Crippen molar-refractivity contribution < 1.29 is 9.53 Å². The normalized spacial score (nSPS) is 10.7. The third-order valence-corrected chi connectivity index (χ3v) is 4.48. The van der Waals surface area contributed by atoms with Crippen molar-refractivity contribution in [2.45, 2.75) is 19.5 Å². The smallest absolute Gasteiger partial charge is 0.328 e. The fraction of sp³-hybridized carbons (Fsp3) is 0.250. The zero-order valence-corrected chi connectivity index (χ0v) is 15.3. The van der Waals surface area contributed by atoms with Gasteiger partial charge in [0.15, 0.2) is 0 Å². The maximum atomic E-state index is 12.5. The van der Waals surface area contributed by atoms with Crippen molar-refractivity contribution in [2.24, 2.45) is 0 Å². The van der Waals surface area contributed by atoms with Gasteiger partial charge >= 0.3 is 5.69 Å². The highest BCUT2D eigenvalue weighted by molar-refractivity contribution is 5.78. The monoisotopic (exact) mass is 367 g/mol. The van der Waals surface area contributed by atoms with Crippen LogP contribution in [0, 0.1) is 0 Å². The molecular weight excluding hydrogens is 346 g/mol. The van der Waals surface area contributed by atoms with Gasteiger partial charge in [-0.2, -0.15) is 0 Å². The van der Waals surface area contributed by atoms with Gasteiger partial charge in [0.2, 0.25) is 5.91 Å². The van der Waals surface area contributed by atoms with Crippen LogP contribution in [0.5, 0.6) is 5.75 Å². The summed E-state index contributed by atoms with van der Waals surface area (Å²) < 4.78 is 6.74. The number of amides is 1. The minimum Gasteiger partial charge on any atom is -0.496 e. The Morgan fingerprint density at radius 3 is 2.59 bits per heavy atom. The molecule has 0 spiro atoms. The largest absolute Gasteiger partial charge is 0.496 e. The van der Waals surface area contributed by atoms with Gasteiger partial charge in [-0.25, -0.2) is 4.79 Å². The number of para-hydroxylation sites is 2. The first-order chi connectivity index (χ1) is 13.0. The number of carbonyl (C=O) groups excluding carboxylic acids is 1. The zero-order chi connectivity index (χ0) is 19.4. The van der Waals surface area contributed by atoms with Crippen LogP contribution in [0.15, 0.2) is 58.1 Å². The van der Waals surface area contributed by atoms with Gasteiger partial charge in [-0.1, -0.05) is 30.3 Å². The molecule has 1 heterocycles. The Morgan fingerprint density at radius 2 is 1.81 bits per heavy atom. The van der Waals surface area contributed by atoms with Crippen LogP contribution in [0.1, 0.15) is 12.0 Å². The van der Waals surface area contributed by atoms with Crippen LogP contribution in [-0.2, 0) is 17.9 Å². The molecule has 0 bridgehead atoms. The van der Waals surface area contributed by atoms with Crippen molar-refractivity contribution >= 4 is 16.8 Å². The Bertz CT molecular complexity index is 1080. The first-order valence-electron chi connectivity index (χ1n) is 8.59. The second-order valence-electron chi connectivity index (χ2n) is 6.24. The molecule has 7 nitrogen and oxygen atoms in total. The van der Waals surface area contributed by atoms with Gasteiger partial charge in [0.25, 0.3) is 5.56 Å². The maximum absolute atomic E-state index is 12.5. The first-order valence-corrected chi connectivity index (χ1v) is 8.59. The predicted molar refractivity (Wildman–Crippen MR) is 103 cm³/mol. The highest BCUT2D eigenvalue weighted by Crippen LogP contribution is 2.19. The SMILES string of the molecule is COc1ccccc1CN(C)C(=O)CCn1c(=O)[nH]c(=O)c2ccccc21. The number of H-pyrrole nitrogens is 1.